The Balaban J connectivity index is 1.02. The molecule has 0 spiro atoms. The lowest BCUT2D eigenvalue weighted by Crippen LogP contribution is -2.16. The Bertz CT molecular complexity index is 3800. The lowest BCUT2D eigenvalue weighted by Gasteiger charge is -2.28. The predicted octanol–water partition coefficient (Wildman–Crippen LogP) is 17.9. The number of anilines is 3. The van der Waals surface area contributed by atoms with Gasteiger partial charge >= 0.3 is 0 Å². The molecule has 2 nitrogen and oxygen atoms in total. The zero-order chi connectivity index (χ0) is 42.5. The van der Waals surface area contributed by atoms with E-state index in [0.717, 1.165) is 44.4 Å². The molecule has 0 saturated carbocycles. The second-order valence-electron chi connectivity index (χ2n) is 17.6. The fourth-order valence-electron chi connectivity index (χ4n) is 10.6. The summed E-state index contributed by atoms with van der Waals surface area (Å²) in [6, 6.07) is 77.6. The van der Waals surface area contributed by atoms with Gasteiger partial charge in [-0.1, -0.05) is 178 Å². The Kier molecular flexibility index (Phi) is 8.16. The van der Waals surface area contributed by atoms with Crippen molar-refractivity contribution in [1.82, 2.24) is 0 Å². The van der Waals surface area contributed by atoms with Crippen molar-refractivity contribution in [3.05, 3.63) is 223 Å². The van der Waals surface area contributed by atoms with E-state index in [9.17, 15) is 0 Å². The number of para-hydroxylation sites is 1. The lowest BCUT2D eigenvalue weighted by molar-refractivity contribution is 0.660. The Labute approximate surface area is 375 Å². The van der Waals surface area contributed by atoms with Crippen molar-refractivity contribution in [2.45, 2.75) is 19.3 Å². The van der Waals surface area contributed by atoms with Gasteiger partial charge in [-0.3, -0.25) is 0 Å². The van der Waals surface area contributed by atoms with E-state index in [1.54, 1.807) is 0 Å². The van der Waals surface area contributed by atoms with Crippen LogP contribution in [0.1, 0.15) is 25.0 Å². The number of nitrogens with zero attached hydrogens (tertiary/aromatic N) is 1. The van der Waals surface area contributed by atoms with Crippen molar-refractivity contribution < 1.29 is 4.42 Å². The van der Waals surface area contributed by atoms with Crippen LogP contribution in [0.3, 0.4) is 0 Å². The largest absolute Gasteiger partial charge is 0.455 e. The molecule has 0 saturated heterocycles. The number of rotatable bonds is 6. The third kappa shape index (κ3) is 5.51. The van der Waals surface area contributed by atoms with Gasteiger partial charge in [0, 0.05) is 53.3 Å². The molecule has 12 aromatic rings. The van der Waals surface area contributed by atoms with Gasteiger partial charge in [0.2, 0.25) is 0 Å². The van der Waals surface area contributed by atoms with E-state index in [2.05, 4.69) is 231 Å². The maximum Gasteiger partial charge on any atom is 0.143 e. The number of fused-ring (bicyclic) bond motifs is 11. The molecule has 0 bridgehead atoms. The summed E-state index contributed by atoms with van der Waals surface area (Å²) in [5.41, 5.74) is 17.7. The van der Waals surface area contributed by atoms with Crippen LogP contribution in [0.4, 0.5) is 17.1 Å². The average molecular weight is 836 g/mol. The summed E-state index contributed by atoms with van der Waals surface area (Å²) in [7, 11) is 0. The Morgan fingerprint density at radius 3 is 1.89 bits per heavy atom. The van der Waals surface area contributed by atoms with E-state index in [0.29, 0.717) is 0 Å². The van der Waals surface area contributed by atoms with Crippen LogP contribution in [0.2, 0.25) is 0 Å². The van der Waals surface area contributed by atoms with Crippen molar-refractivity contribution >= 4 is 81.3 Å². The molecule has 0 amide bonds. The Morgan fingerprint density at radius 2 is 1.05 bits per heavy atom. The standard InChI is InChI=1S/C61H41NOS/c1-61(2)52-26-12-11-21-45(52)46-35-34-42(36-53(46)61)62(41-18-7-4-8-19-41)54-27-15-28-55-58(54)51-37-50(44-20-9-10-22-47(44)59(51)63-55)48-24-13-25-49-57-43(23-14-29-56(57)64-60(48)49)40-32-30-39(31-33-40)38-16-5-3-6-17-38/h3-37H,1-2H3. The summed E-state index contributed by atoms with van der Waals surface area (Å²) in [6.07, 6.45) is 0. The highest BCUT2D eigenvalue weighted by atomic mass is 32.1. The highest BCUT2D eigenvalue weighted by Gasteiger charge is 2.36. The fraction of sp³-hybridized carbons (Fsp3) is 0.0492. The SMILES string of the molecule is CC1(C)c2ccccc2-c2ccc(N(c3ccccc3)c3cccc4oc5c6ccccc6c(-c6cccc7c6sc6cccc(-c8ccc(-c9ccccc9)cc8)c67)cc5c34)cc21. The molecule has 0 fully saturated rings. The smallest absolute Gasteiger partial charge is 0.143 e. The highest BCUT2D eigenvalue weighted by molar-refractivity contribution is 7.26. The van der Waals surface area contributed by atoms with Gasteiger partial charge in [-0.15, -0.1) is 11.3 Å². The molecule has 64 heavy (non-hydrogen) atoms. The second kappa shape index (κ2) is 14.2. The van der Waals surface area contributed by atoms with Crippen LogP contribution in [0, 0.1) is 0 Å². The van der Waals surface area contributed by atoms with Crippen LogP contribution in [0.25, 0.3) is 97.4 Å². The van der Waals surface area contributed by atoms with Crippen LogP contribution in [0.15, 0.2) is 217 Å². The third-order valence-electron chi connectivity index (χ3n) is 13.7. The summed E-state index contributed by atoms with van der Waals surface area (Å²) in [5.74, 6) is 0. The van der Waals surface area contributed by atoms with E-state index in [1.165, 1.54) is 81.2 Å². The minimum Gasteiger partial charge on any atom is -0.455 e. The van der Waals surface area contributed by atoms with Gasteiger partial charge in [-0.25, -0.2) is 0 Å². The molecule has 0 unspecified atom stereocenters. The van der Waals surface area contributed by atoms with Crippen molar-refractivity contribution in [1.29, 1.82) is 0 Å². The molecule has 10 aromatic carbocycles. The topological polar surface area (TPSA) is 16.4 Å². The maximum atomic E-state index is 6.98. The highest BCUT2D eigenvalue weighted by Crippen LogP contribution is 2.53. The molecule has 2 aromatic heterocycles. The van der Waals surface area contributed by atoms with Gasteiger partial charge in [-0.2, -0.15) is 0 Å². The number of thiophene rings is 1. The predicted molar refractivity (Wildman–Crippen MR) is 273 cm³/mol. The number of furan rings is 1. The molecule has 13 rings (SSSR count). The van der Waals surface area contributed by atoms with E-state index in [4.69, 9.17) is 4.42 Å². The number of hydrogen-bond acceptors (Lipinski definition) is 3. The van der Waals surface area contributed by atoms with E-state index < -0.39 is 0 Å². The van der Waals surface area contributed by atoms with Gasteiger partial charge in [0.25, 0.3) is 0 Å². The molecule has 2 heterocycles. The summed E-state index contributed by atoms with van der Waals surface area (Å²) >= 11 is 1.89. The molecule has 0 radical (unpaired) electrons. The maximum absolute atomic E-state index is 6.98. The Morgan fingerprint density at radius 1 is 0.406 bits per heavy atom. The van der Waals surface area contributed by atoms with Gasteiger partial charge < -0.3 is 9.32 Å². The monoisotopic (exact) mass is 835 g/mol. The average Bonchev–Trinajstić information content (AvgIpc) is 4.00. The zero-order valence-corrected chi connectivity index (χ0v) is 36.3. The van der Waals surface area contributed by atoms with Gasteiger partial charge in [0.05, 0.1) is 11.1 Å². The van der Waals surface area contributed by atoms with Crippen LogP contribution in [-0.4, -0.2) is 0 Å². The van der Waals surface area contributed by atoms with Crippen LogP contribution in [-0.2, 0) is 5.41 Å². The van der Waals surface area contributed by atoms with Crippen LogP contribution in [0.5, 0.6) is 0 Å². The molecule has 0 aliphatic heterocycles. The Hall–Kier alpha value is -7.72. The minimum absolute atomic E-state index is 0.131. The van der Waals surface area contributed by atoms with Gasteiger partial charge in [0.15, 0.2) is 0 Å². The quantitative estimate of drug-likeness (QED) is 0.166. The minimum atomic E-state index is -0.131. The van der Waals surface area contributed by atoms with Crippen molar-refractivity contribution in [2.24, 2.45) is 0 Å². The summed E-state index contributed by atoms with van der Waals surface area (Å²) in [6.45, 7) is 4.71. The van der Waals surface area contributed by atoms with Gasteiger partial charge in [-0.05, 0) is 104 Å². The van der Waals surface area contributed by atoms with Crippen molar-refractivity contribution in [2.75, 3.05) is 4.90 Å². The van der Waals surface area contributed by atoms with E-state index >= 15 is 0 Å². The van der Waals surface area contributed by atoms with Crippen LogP contribution < -0.4 is 4.90 Å². The molecule has 3 heteroatoms. The summed E-state index contributed by atoms with van der Waals surface area (Å²) < 4.78 is 9.55. The summed E-state index contributed by atoms with van der Waals surface area (Å²) in [5, 5.41) is 7.07. The molecule has 0 N–H and O–H groups in total. The first-order chi connectivity index (χ1) is 31.5. The van der Waals surface area contributed by atoms with Crippen LogP contribution >= 0.6 is 11.3 Å². The zero-order valence-electron chi connectivity index (χ0n) is 35.5. The lowest BCUT2D eigenvalue weighted by atomic mass is 9.82. The first kappa shape index (κ1) is 36.9. The normalized spacial score (nSPS) is 13.0. The molecule has 1 aliphatic carbocycles. The molecular weight excluding hydrogens is 795 g/mol. The second-order valence-corrected chi connectivity index (χ2v) is 18.6. The number of benzene rings is 10. The van der Waals surface area contributed by atoms with Gasteiger partial charge in [0.1, 0.15) is 11.2 Å². The third-order valence-corrected chi connectivity index (χ3v) is 14.9. The van der Waals surface area contributed by atoms with Crippen molar-refractivity contribution in [3.8, 4) is 44.5 Å². The number of hydrogen-bond donors (Lipinski definition) is 0. The van der Waals surface area contributed by atoms with E-state index in [1.807, 2.05) is 11.3 Å². The first-order valence-corrected chi connectivity index (χ1v) is 22.9. The molecule has 1 aliphatic rings. The molecule has 302 valence electrons. The van der Waals surface area contributed by atoms with E-state index in [-0.39, 0.29) is 5.41 Å². The molecular formula is C61H41NOS. The fourth-order valence-corrected chi connectivity index (χ4v) is 11.9. The van der Waals surface area contributed by atoms with Crippen molar-refractivity contribution in [3.63, 3.8) is 0 Å². The summed E-state index contributed by atoms with van der Waals surface area (Å²) in [4.78, 5) is 2.42. The molecule has 0 atom stereocenters. The first-order valence-electron chi connectivity index (χ1n) is 22.1.